The van der Waals surface area contributed by atoms with Crippen molar-refractivity contribution < 1.29 is 14.5 Å². The van der Waals surface area contributed by atoms with Crippen LogP contribution in [-0.2, 0) is 6.54 Å². The summed E-state index contributed by atoms with van der Waals surface area (Å²) in [6, 6.07) is 22.5. The van der Waals surface area contributed by atoms with Crippen molar-refractivity contribution in [2.24, 2.45) is 0 Å². The lowest BCUT2D eigenvalue weighted by atomic mass is 10.1. The second-order valence-electron chi connectivity index (χ2n) is 6.06. The molecule has 6 heteroatoms. The van der Waals surface area contributed by atoms with Crippen LogP contribution in [0, 0.1) is 22.0 Å². The lowest BCUT2D eigenvalue weighted by Crippen LogP contribution is -2.23. The van der Waals surface area contributed by atoms with Gasteiger partial charge in [0.15, 0.2) is 0 Å². The van der Waals surface area contributed by atoms with E-state index in [4.69, 9.17) is 4.74 Å². The van der Waals surface area contributed by atoms with Crippen molar-refractivity contribution >= 4 is 11.6 Å². The number of para-hydroxylation sites is 1. The maximum atomic E-state index is 12.5. The Morgan fingerprint density at radius 3 is 2.38 bits per heavy atom. The molecule has 0 aliphatic carbocycles. The number of carbonyl (C=O) groups is 1. The van der Waals surface area contributed by atoms with Gasteiger partial charge in [-0.3, -0.25) is 14.9 Å². The van der Waals surface area contributed by atoms with Gasteiger partial charge in [-0.25, -0.2) is 0 Å². The maximum absolute atomic E-state index is 12.5. The number of amides is 1. The van der Waals surface area contributed by atoms with Crippen LogP contribution in [0.5, 0.6) is 5.75 Å². The fourth-order valence-electron chi connectivity index (χ4n) is 2.57. The third kappa shape index (κ3) is 5.68. The molecule has 0 heterocycles. The molecule has 3 aromatic rings. The van der Waals surface area contributed by atoms with E-state index >= 15 is 0 Å². The zero-order chi connectivity index (χ0) is 20.5. The minimum Gasteiger partial charge on any atom is -0.480 e. The number of nitrogens with one attached hydrogen (secondary N) is 1. The Balaban J connectivity index is 1.59. The second kappa shape index (κ2) is 9.72. The highest BCUT2D eigenvalue weighted by molar-refractivity contribution is 5.96. The number of hydrogen-bond donors (Lipinski definition) is 1. The molecule has 0 unspecified atom stereocenters. The summed E-state index contributed by atoms with van der Waals surface area (Å²) >= 11 is 0. The van der Waals surface area contributed by atoms with Gasteiger partial charge in [0.2, 0.25) is 0 Å². The van der Waals surface area contributed by atoms with E-state index < -0.39 is 4.92 Å². The Morgan fingerprint density at radius 1 is 0.966 bits per heavy atom. The predicted molar refractivity (Wildman–Crippen MR) is 110 cm³/mol. The zero-order valence-corrected chi connectivity index (χ0v) is 15.5. The number of carbonyl (C=O) groups excluding carboxylic acids is 1. The summed E-state index contributed by atoms with van der Waals surface area (Å²) in [6.07, 6.45) is 0. The Bertz CT molecular complexity index is 1050. The first-order chi connectivity index (χ1) is 14.1. The van der Waals surface area contributed by atoms with Gasteiger partial charge in [-0.05, 0) is 29.8 Å². The van der Waals surface area contributed by atoms with Gasteiger partial charge in [0.1, 0.15) is 12.4 Å². The van der Waals surface area contributed by atoms with Crippen LogP contribution in [-0.4, -0.2) is 17.4 Å². The molecule has 0 saturated carbocycles. The van der Waals surface area contributed by atoms with Gasteiger partial charge >= 0.3 is 0 Å². The standard InChI is InChI=1S/C23H18N2O4/c26-23(24-17-19-12-14-20(15-13-19)25(27)28)21-10-4-5-11-22(21)29-16-6-9-18-7-2-1-3-8-18/h1-5,7-8,10-15H,16-17H2,(H,24,26). The molecule has 0 saturated heterocycles. The Kier molecular flexibility index (Phi) is 6.58. The fourth-order valence-corrected chi connectivity index (χ4v) is 2.57. The van der Waals surface area contributed by atoms with E-state index in [2.05, 4.69) is 17.2 Å². The highest BCUT2D eigenvalue weighted by Crippen LogP contribution is 2.18. The van der Waals surface area contributed by atoms with Gasteiger partial charge < -0.3 is 10.1 Å². The maximum Gasteiger partial charge on any atom is 0.269 e. The van der Waals surface area contributed by atoms with Gasteiger partial charge in [-0.2, -0.15) is 0 Å². The van der Waals surface area contributed by atoms with E-state index in [1.807, 2.05) is 30.3 Å². The molecule has 29 heavy (non-hydrogen) atoms. The number of hydrogen-bond acceptors (Lipinski definition) is 4. The van der Waals surface area contributed by atoms with Crippen LogP contribution in [0.25, 0.3) is 0 Å². The minimum absolute atomic E-state index is 0.00966. The van der Waals surface area contributed by atoms with Gasteiger partial charge in [0, 0.05) is 24.2 Å². The smallest absolute Gasteiger partial charge is 0.269 e. The van der Waals surface area contributed by atoms with Gasteiger partial charge in [-0.15, -0.1) is 0 Å². The fraction of sp³-hybridized carbons (Fsp3) is 0.0870. The van der Waals surface area contributed by atoms with E-state index in [1.165, 1.54) is 12.1 Å². The molecule has 0 atom stereocenters. The van der Waals surface area contributed by atoms with Crippen LogP contribution in [0.1, 0.15) is 21.5 Å². The first-order valence-electron chi connectivity index (χ1n) is 8.91. The van der Waals surface area contributed by atoms with Crippen LogP contribution in [0.3, 0.4) is 0 Å². The average Bonchev–Trinajstić information content (AvgIpc) is 2.76. The van der Waals surface area contributed by atoms with Crippen molar-refractivity contribution in [2.45, 2.75) is 6.54 Å². The summed E-state index contributed by atoms with van der Waals surface area (Å²) in [4.78, 5) is 22.8. The van der Waals surface area contributed by atoms with E-state index in [0.29, 0.717) is 11.3 Å². The zero-order valence-electron chi connectivity index (χ0n) is 15.5. The Labute approximate surface area is 168 Å². The molecule has 0 aliphatic rings. The van der Waals surface area contributed by atoms with Crippen LogP contribution in [0.4, 0.5) is 5.69 Å². The Morgan fingerprint density at radius 2 is 1.66 bits per heavy atom. The van der Waals surface area contributed by atoms with Crippen molar-refractivity contribution in [3.05, 3.63) is 106 Å². The highest BCUT2D eigenvalue weighted by atomic mass is 16.6. The molecule has 0 aliphatic heterocycles. The van der Waals surface area contributed by atoms with Crippen LogP contribution < -0.4 is 10.1 Å². The third-order valence-corrected chi connectivity index (χ3v) is 4.04. The molecule has 0 spiro atoms. The predicted octanol–water partition coefficient (Wildman–Crippen LogP) is 3.96. The normalized spacial score (nSPS) is 9.79. The summed E-state index contributed by atoms with van der Waals surface area (Å²) in [7, 11) is 0. The summed E-state index contributed by atoms with van der Waals surface area (Å²) in [5.41, 5.74) is 2.06. The van der Waals surface area contributed by atoms with E-state index in [9.17, 15) is 14.9 Å². The number of rotatable bonds is 6. The van der Waals surface area contributed by atoms with Crippen LogP contribution >= 0.6 is 0 Å². The average molecular weight is 386 g/mol. The summed E-state index contributed by atoms with van der Waals surface area (Å²) in [6.45, 7) is 0.403. The highest BCUT2D eigenvalue weighted by Gasteiger charge is 2.12. The van der Waals surface area contributed by atoms with Crippen LogP contribution in [0.15, 0.2) is 78.9 Å². The van der Waals surface area contributed by atoms with Crippen molar-refractivity contribution in [1.29, 1.82) is 0 Å². The van der Waals surface area contributed by atoms with Gasteiger partial charge in [-0.1, -0.05) is 54.3 Å². The number of nitro benzene ring substituents is 1. The van der Waals surface area contributed by atoms with Crippen molar-refractivity contribution in [2.75, 3.05) is 6.61 Å². The molecule has 0 fully saturated rings. The quantitative estimate of drug-likeness (QED) is 0.395. The number of non-ortho nitro benzene ring substituents is 1. The molecule has 1 N–H and O–H groups in total. The van der Waals surface area contributed by atoms with Crippen molar-refractivity contribution in [3.63, 3.8) is 0 Å². The lowest BCUT2D eigenvalue weighted by molar-refractivity contribution is -0.384. The number of ether oxygens (including phenoxy) is 1. The number of nitrogens with zero attached hydrogens (tertiary/aromatic N) is 1. The molecule has 6 nitrogen and oxygen atoms in total. The topological polar surface area (TPSA) is 81.5 Å². The number of nitro groups is 1. The largest absolute Gasteiger partial charge is 0.480 e. The third-order valence-electron chi connectivity index (χ3n) is 4.04. The molecule has 144 valence electrons. The van der Waals surface area contributed by atoms with E-state index in [1.54, 1.807) is 36.4 Å². The SMILES string of the molecule is O=C(NCc1ccc([N+](=O)[O-])cc1)c1ccccc1OCC#Cc1ccccc1. The van der Waals surface area contributed by atoms with Crippen LogP contribution in [0.2, 0.25) is 0 Å². The molecule has 0 radical (unpaired) electrons. The molecule has 3 rings (SSSR count). The molecule has 3 aromatic carbocycles. The van der Waals surface area contributed by atoms with Gasteiger partial charge in [0.25, 0.3) is 11.6 Å². The summed E-state index contributed by atoms with van der Waals surface area (Å²) < 4.78 is 5.66. The molecule has 1 amide bonds. The van der Waals surface area contributed by atoms with Crippen molar-refractivity contribution in [1.82, 2.24) is 5.32 Å². The second-order valence-corrected chi connectivity index (χ2v) is 6.06. The molecular weight excluding hydrogens is 368 g/mol. The lowest BCUT2D eigenvalue weighted by Gasteiger charge is -2.10. The molecule has 0 bridgehead atoms. The van der Waals surface area contributed by atoms with E-state index in [-0.39, 0.29) is 24.7 Å². The minimum atomic E-state index is -0.462. The molecule has 0 aromatic heterocycles. The van der Waals surface area contributed by atoms with Crippen molar-refractivity contribution in [3.8, 4) is 17.6 Å². The number of benzene rings is 3. The summed E-state index contributed by atoms with van der Waals surface area (Å²) in [5.74, 6) is 6.07. The monoisotopic (exact) mass is 386 g/mol. The first-order valence-corrected chi connectivity index (χ1v) is 8.91. The summed E-state index contributed by atoms with van der Waals surface area (Å²) in [5, 5.41) is 13.5. The van der Waals surface area contributed by atoms with Gasteiger partial charge in [0.05, 0.1) is 10.5 Å². The Hall–Kier alpha value is -4.11. The first kappa shape index (κ1) is 19.6. The van der Waals surface area contributed by atoms with E-state index in [0.717, 1.165) is 11.1 Å². The molecular formula is C23H18N2O4.